The number of nitrogens with one attached hydrogen (secondary N) is 2. The fourth-order valence-corrected chi connectivity index (χ4v) is 4.32. The van der Waals surface area contributed by atoms with Crippen LogP contribution in [0.4, 0.5) is 42.8 Å². The molecule has 4 rings (SSSR count). The molecular formula is C27H37ClF6N6O2. The Morgan fingerprint density at radius 2 is 1.24 bits per heavy atom. The van der Waals surface area contributed by atoms with Gasteiger partial charge in [-0.1, -0.05) is 0 Å². The normalized spacial score (nSPS) is 16.9. The van der Waals surface area contributed by atoms with E-state index in [2.05, 4.69) is 25.9 Å². The molecule has 0 saturated carbocycles. The number of quaternary nitrogens is 1. The lowest BCUT2D eigenvalue weighted by Gasteiger charge is -2.33. The van der Waals surface area contributed by atoms with E-state index in [0.717, 1.165) is 50.5 Å². The Morgan fingerprint density at radius 3 is 1.60 bits per heavy atom. The van der Waals surface area contributed by atoms with Crippen LogP contribution in [0.25, 0.3) is 0 Å². The molecule has 0 radical (unpaired) electrons. The van der Waals surface area contributed by atoms with Gasteiger partial charge >= 0.3 is 18.4 Å². The summed E-state index contributed by atoms with van der Waals surface area (Å²) >= 11 is 0. The van der Waals surface area contributed by atoms with Crippen LogP contribution in [0.5, 0.6) is 0 Å². The average molecular weight is 627 g/mol. The Labute approximate surface area is 247 Å². The summed E-state index contributed by atoms with van der Waals surface area (Å²) in [6.07, 6.45) is -3.95. The molecule has 8 nitrogen and oxygen atoms in total. The molecule has 1 amide bonds. The summed E-state index contributed by atoms with van der Waals surface area (Å²) in [4.78, 5) is 21.2. The largest absolute Gasteiger partial charge is 1.00 e. The van der Waals surface area contributed by atoms with Gasteiger partial charge in [0.05, 0.1) is 24.2 Å². The number of likely N-dealkylation sites (tertiary alicyclic amines) is 1. The van der Waals surface area contributed by atoms with E-state index in [1.807, 2.05) is 20.8 Å². The van der Waals surface area contributed by atoms with E-state index in [4.69, 9.17) is 4.74 Å². The maximum absolute atomic E-state index is 12.5. The first-order valence-corrected chi connectivity index (χ1v) is 13.5. The number of hydrogen-bond acceptors (Lipinski definition) is 6. The van der Waals surface area contributed by atoms with Crippen LogP contribution < -0.4 is 28.4 Å². The van der Waals surface area contributed by atoms with E-state index in [-0.39, 0.29) is 24.5 Å². The molecule has 15 heteroatoms. The maximum Gasteiger partial charge on any atom is 0.417 e. The summed E-state index contributed by atoms with van der Waals surface area (Å²) < 4.78 is 79.8. The number of amides is 1. The minimum Gasteiger partial charge on any atom is -1.00 e. The zero-order valence-corrected chi connectivity index (χ0v) is 24.4. The van der Waals surface area contributed by atoms with Crippen LogP contribution in [-0.2, 0) is 17.1 Å². The van der Waals surface area contributed by atoms with Gasteiger partial charge in [-0.3, -0.25) is 0 Å². The highest BCUT2D eigenvalue weighted by atomic mass is 35.5. The number of hydrogen-bond donors (Lipinski definition) is 3. The molecule has 4 N–H and O–H groups in total. The number of pyridine rings is 2. The molecular weight excluding hydrogens is 590 g/mol. The lowest BCUT2D eigenvalue weighted by molar-refractivity contribution is -0.662. The number of carbonyl (C=O) groups excluding carboxylic acids is 1. The third kappa shape index (κ3) is 11.7. The van der Waals surface area contributed by atoms with Crippen molar-refractivity contribution in [3.05, 3.63) is 47.8 Å². The summed E-state index contributed by atoms with van der Waals surface area (Å²) in [6.45, 7) is 8.62. The molecule has 2 aromatic heterocycles. The van der Waals surface area contributed by atoms with E-state index < -0.39 is 29.1 Å². The summed E-state index contributed by atoms with van der Waals surface area (Å²) in [7, 11) is 0. The van der Waals surface area contributed by atoms with Crippen molar-refractivity contribution in [2.45, 2.75) is 76.5 Å². The first-order chi connectivity index (χ1) is 19.1. The SMILES string of the molecule is CC(C)(C)OC(=O)N1CCC(Nc2ccc(C(F)(F)F)cn2)CC1.FC(F)(F)c1ccc(NC2CC[NH2+]CC2)nc1.[Cl-]. The van der Waals surface area contributed by atoms with Crippen LogP contribution in [0.15, 0.2) is 36.7 Å². The van der Waals surface area contributed by atoms with Crippen molar-refractivity contribution in [3.63, 3.8) is 0 Å². The lowest BCUT2D eigenvalue weighted by atomic mass is 10.1. The van der Waals surface area contributed by atoms with Crippen molar-refractivity contribution in [3.8, 4) is 0 Å². The topological polar surface area (TPSA) is 96.0 Å². The second kappa shape index (κ2) is 14.9. The van der Waals surface area contributed by atoms with Crippen molar-refractivity contribution in [2.75, 3.05) is 36.8 Å². The maximum atomic E-state index is 12.5. The molecule has 2 fully saturated rings. The first kappa shape index (κ1) is 35.2. The Hall–Kier alpha value is -3.00. The fraction of sp³-hybridized carbons (Fsp3) is 0.593. The van der Waals surface area contributed by atoms with Gasteiger partial charge in [0.15, 0.2) is 0 Å². The minimum absolute atomic E-state index is 0. The van der Waals surface area contributed by atoms with Crippen molar-refractivity contribution in [1.29, 1.82) is 0 Å². The number of nitrogens with two attached hydrogens (primary N) is 1. The third-order valence-electron chi connectivity index (χ3n) is 6.47. The highest BCUT2D eigenvalue weighted by Crippen LogP contribution is 2.30. The van der Waals surface area contributed by atoms with Crippen molar-refractivity contribution in [2.24, 2.45) is 0 Å². The summed E-state index contributed by atoms with van der Waals surface area (Å²) in [6, 6.07) is 5.16. The average Bonchev–Trinajstić information content (AvgIpc) is 2.89. The number of carbonyl (C=O) groups is 1. The van der Waals surface area contributed by atoms with Gasteiger partial charge in [0.1, 0.15) is 17.2 Å². The summed E-state index contributed by atoms with van der Waals surface area (Å²) in [5.41, 5.74) is -2.01. The smallest absolute Gasteiger partial charge is 0.417 e. The number of nitrogens with zero attached hydrogens (tertiary/aromatic N) is 3. The number of halogens is 7. The molecule has 236 valence electrons. The van der Waals surface area contributed by atoms with E-state index in [1.165, 1.54) is 12.1 Å². The quantitative estimate of drug-likeness (QED) is 0.451. The van der Waals surface area contributed by atoms with Crippen molar-refractivity contribution < 1.29 is 53.6 Å². The van der Waals surface area contributed by atoms with E-state index in [1.54, 1.807) is 4.90 Å². The Morgan fingerprint density at radius 1 is 0.810 bits per heavy atom. The number of rotatable bonds is 4. The molecule has 0 bridgehead atoms. The number of alkyl halides is 6. The summed E-state index contributed by atoms with van der Waals surface area (Å²) in [5.74, 6) is 0.920. The zero-order chi connectivity index (χ0) is 30.3. The van der Waals surface area contributed by atoms with E-state index in [0.29, 0.717) is 43.6 Å². The molecule has 0 spiro atoms. The molecule has 0 aliphatic carbocycles. The molecule has 0 atom stereocenters. The highest BCUT2D eigenvalue weighted by Gasteiger charge is 2.32. The van der Waals surface area contributed by atoms with Crippen LogP contribution in [0, 0.1) is 0 Å². The number of aromatic nitrogens is 2. The Kier molecular flexibility index (Phi) is 12.5. The molecule has 0 aromatic carbocycles. The Bertz CT molecular complexity index is 1100. The predicted molar refractivity (Wildman–Crippen MR) is 141 cm³/mol. The monoisotopic (exact) mass is 626 g/mol. The van der Waals surface area contributed by atoms with Crippen LogP contribution >= 0.6 is 0 Å². The standard InChI is InChI=1S/C16H22F3N3O2.C11H14F3N3.ClH/c1-15(2,3)24-14(23)22-8-6-12(7-9-22)21-13-5-4-11(10-20-13)16(17,18)19;12-11(13,14)8-1-2-10(16-7-8)17-9-3-5-15-6-4-9;/h4-5,10,12H,6-9H2,1-3H3,(H,20,21);1-2,7,9,15H,3-6H2,(H,16,17);1H. The van der Waals surface area contributed by atoms with Gasteiger partial charge in [-0.15, -0.1) is 0 Å². The molecule has 2 aliphatic heterocycles. The predicted octanol–water partition coefficient (Wildman–Crippen LogP) is 2.15. The molecule has 2 aliphatic rings. The van der Waals surface area contributed by atoms with Crippen LogP contribution in [0.1, 0.15) is 57.6 Å². The molecule has 4 heterocycles. The first-order valence-electron chi connectivity index (χ1n) is 13.5. The van der Waals surface area contributed by atoms with Crippen LogP contribution in [0.3, 0.4) is 0 Å². The summed E-state index contributed by atoms with van der Waals surface area (Å²) in [5, 5.41) is 8.51. The zero-order valence-electron chi connectivity index (χ0n) is 23.7. The Balaban J connectivity index is 0.000000302. The molecule has 2 saturated heterocycles. The third-order valence-corrected chi connectivity index (χ3v) is 6.47. The minimum atomic E-state index is -4.38. The van der Waals surface area contributed by atoms with Gasteiger partial charge in [-0.05, 0) is 57.9 Å². The van der Waals surface area contributed by atoms with Gasteiger partial charge in [-0.2, -0.15) is 26.3 Å². The number of piperidine rings is 2. The van der Waals surface area contributed by atoms with Crippen molar-refractivity contribution >= 4 is 17.7 Å². The lowest BCUT2D eigenvalue weighted by Crippen LogP contribution is -3.00. The van der Waals surface area contributed by atoms with E-state index >= 15 is 0 Å². The molecule has 42 heavy (non-hydrogen) atoms. The second-order valence-electron chi connectivity index (χ2n) is 11.0. The van der Waals surface area contributed by atoms with Gasteiger partial charge in [0.25, 0.3) is 0 Å². The fourth-order valence-electron chi connectivity index (χ4n) is 4.32. The van der Waals surface area contributed by atoms with Crippen LogP contribution in [0.2, 0.25) is 0 Å². The van der Waals surface area contributed by atoms with Gasteiger partial charge in [0.2, 0.25) is 0 Å². The van der Waals surface area contributed by atoms with Crippen molar-refractivity contribution in [1.82, 2.24) is 14.9 Å². The van der Waals surface area contributed by atoms with Gasteiger partial charge < -0.3 is 38.0 Å². The number of anilines is 2. The van der Waals surface area contributed by atoms with E-state index in [9.17, 15) is 31.1 Å². The number of ether oxygens (including phenoxy) is 1. The molecule has 0 unspecified atom stereocenters. The highest BCUT2D eigenvalue weighted by molar-refractivity contribution is 5.68. The second-order valence-corrected chi connectivity index (χ2v) is 11.0. The molecule has 2 aromatic rings. The van der Waals surface area contributed by atoms with Gasteiger partial charge in [-0.25, -0.2) is 14.8 Å². The van der Waals surface area contributed by atoms with Gasteiger partial charge in [0, 0.05) is 50.4 Å². The van der Waals surface area contributed by atoms with Crippen LogP contribution in [-0.4, -0.2) is 64.8 Å².